The normalized spacial score (nSPS) is 19.9. The molecule has 1 saturated heterocycles. The van der Waals surface area contributed by atoms with E-state index in [4.69, 9.17) is 4.98 Å². The molecule has 1 aliphatic carbocycles. The highest BCUT2D eigenvalue weighted by Gasteiger charge is 2.40. The zero-order valence-electron chi connectivity index (χ0n) is 22.3. The number of aliphatic hydroxyl groups excluding tert-OH is 1. The second kappa shape index (κ2) is 12.4. The smallest absolute Gasteiger partial charge is 0.246 e. The van der Waals surface area contributed by atoms with Crippen LogP contribution in [-0.4, -0.2) is 46.0 Å². The highest BCUT2D eigenvalue weighted by molar-refractivity contribution is 7.18. The SMILES string of the molecule is C[C@@H](CCCO)C(=O)N[C@H](C(=O)N1CCC[C@H]1c1nc2c(-c3ccccc3)cccc2s1)C1CCCCC1. The van der Waals surface area contributed by atoms with Crippen LogP contribution in [0.25, 0.3) is 21.3 Å². The van der Waals surface area contributed by atoms with E-state index in [1.165, 1.54) is 6.42 Å². The minimum absolute atomic E-state index is 0.0460. The van der Waals surface area contributed by atoms with Crippen LogP contribution in [0.4, 0.5) is 0 Å². The standard InChI is InChI=1S/C31H39N3O3S/c1-21(11-10-20-35)29(36)32-27(23-14-6-3-7-15-23)31(37)34-19-9-17-25(34)30-33-28-24(16-8-18-26(28)38-30)22-12-4-2-5-13-22/h2,4-5,8,12-13,16,18,21,23,25,27,35H,3,6-7,9-11,14-15,17,19-20H2,1H3,(H,32,36)/t21-,25-,27-/m0/s1. The number of para-hydroxylation sites is 1. The molecular weight excluding hydrogens is 494 g/mol. The van der Waals surface area contributed by atoms with Crippen LogP contribution < -0.4 is 5.32 Å². The number of benzene rings is 2. The number of hydrogen-bond acceptors (Lipinski definition) is 5. The Kier molecular flexibility index (Phi) is 8.75. The minimum Gasteiger partial charge on any atom is -0.396 e. The summed E-state index contributed by atoms with van der Waals surface area (Å²) >= 11 is 1.68. The predicted molar refractivity (Wildman–Crippen MR) is 153 cm³/mol. The third-order valence-electron chi connectivity index (χ3n) is 8.27. The molecule has 0 spiro atoms. The fourth-order valence-electron chi connectivity index (χ4n) is 6.10. The summed E-state index contributed by atoms with van der Waals surface area (Å²) < 4.78 is 1.13. The first-order chi connectivity index (χ1) is 18.6. The van der Waals surface area contributed by atoms with Crippen LogP contribution in [0.3, 0.4) is 0 Å². The topological polar surface area (TPSA) is 82.5 Å². The summed E-state index contributed by atoms with van der Waals surface area (Å²) in [6, 6.07) is 16.1. The second-order valence-electron chi connectivity index (χ2n) is 10.9. The third kappa shape index (κ3) is 5.79. The van der Waals surface area contributed by atoms with Crippen LogP contribution in [0.2, 0.25) is 0 Å². The number of fused-ring (bicyclic) bond motifs is 1. The molecule has 3 aromatic rings. The lowest BCUT2D eigenvalue weighted by Gasteiger charge is -2.35. The highest BCUT2D eigenvalue weighted by atomic mass is 32.1. The molecule has 2 aromatic carbocycles. The molecule has 5 rings (SSSR count). The van der Waals surface area contributed by atoms with E-state index >= 15 is 0 Å². The van der Waals surface area contributed by atoms with Crippen LogP contribution in [0.15, 0.2) is 48.5 Å². The first-order valence-corrected chi connectivity index (χ1v) is 15.0. The molecule has 2 aliphatic rings. The molecule has 0 radical (unpaired) electrons. The molecule has 3 atom stereocenters. The number of likely N-dealkylation sites (tertiary alicyclic amines) is 1. The van der Waals surface area contributed by atoms with Crippen molar-refractivity contribution in [2.75, 3.05) is 13.2 Å². The molecular formula is C31H39N3O3S. The van der Waals surface area contributed by atoms with Crippen LogP contribution in [0, 0.1) is 11.8 Å². The predicted octanol–water partition coefficient (Wildman–Crippen LogP) is 6.10. The number of nitrogens with one attached hydrogen (secondary N) is 1. The summed E-state index contributed by atoms with van der Waals surface area (Å²) in [6.45, 7) is 2.66. The Morgan fingerprint density at radius 1 is 1.05 bits per heavy atom. The molecule has 2 amide bonds. The van der Waals surface area contributed by atoms with Gasteiger partial charge in [-0.15, -0.1) is 11.3 Å². The van der Waals surface area contributed by atoms with Gasteiger partial charge >= 0.3 is 0 Å². The Bertz CT molecular complexity index is 1240. The van der Waals surface area contributed by atoms with Gasteiger partial charge in [-0.2, -0.15) is 0 Å². The van der Waals surface area contributed by atoms with Crippen molar-refractivity contribution in [1.82, 2.24) is 15.2 Å². The van der Waals surface area contributed by atoms with Gasteiger partial charge in [0.05, 0.1) is 16.3 Å². The summed E-state index contributed by atoms with van der Waals surface area (Å²) in [6.07, 6.45) is 8.40. The van der Waals surface area contributed by atoms with Crippen molar-refractivity contribution in [3.8, 4) is 11.1 Å². The summed E-state index contributed by atoms with van der Waals surface area (Å²) in [7, 11) is 0. The van der Waals surface area contributed by atoms with E-state index in [0.717, 1.165) is 64.9 Å². The highest BCUT2D eigenvalue weighted by Crippen LogP contribution is 2.40. The fraction of sp³-hybridized carbons (Fsp3) is 0.516. The minimum atomic E-state index is -0.491. The Morgan fingerprint density at radius 2 is 1.84 bits per heavy atom. The van der Waals surface area contributed by atoms with Crippen molar-refractivity contribution >= 4 is 33.4 Å². The lowest BCUT2D eigenvalue weighted by Crippen LogP contribution is -2.53. The Balaban J connectivity index is 1.40. The van der Waals surface area contributed by atoms with Gasteiger partial charge in [0.25, 0.3) is 0 Å². The van der Waals surface area contributed by atoms with Gasteiger partial charge in [0.2, 0.25) is 11.8 Å². The first-order valence-electron chi connectivity index (χ1n) is 14.2. The summed E-state index contributed by atoms with van der Waals surface area (Å²) in [5.41, 5.74) is 3.25. The van der Waals surface area contributed by atoms with Crippen LogP contribution in [0.5, 0.6) is 0 Å². The molecule has 1 aliphatic heterocycles. The third-order valence-corrected chi connectivity index (χ3v) is 9.39. The molecule has 7 heteroatoms. The molecule has 0 unspecified atom stereocenters. The summed E-state index contributed by atoms with van der Waals surface area (Å²) in [5, 5.41) is 13.3. The monoisotopic (exact) mass is 533 g/mol. The number of rotatable bonds is 9. The van der Waals surface area contributed by atoms with E-state index in [1.807, 2.05) is 30.0 Å². The maximum Gasteiger partial charge on any atom is 0.246 e. The zero-order valence-corrected chi connectivity index (χ0v) is 23.1. The Hall–Kier alpha value is -2.77. The van der Waals surface area contributed by atoms with Gasteiger partial charge in [0.15, 0.2) is 0 Å². The summed E-state index contributed by atoms with van der Waals surface area (Å²) in [5.74, 6) is -0.0853. The first kappa shape index (κ1) is 26.8. The number of aliphatic hydroxyl groups is 1. The van der Waals surface area contributed by atoms with Crippen LogP contribution >= 0.6 is 11.3 Å². The molecule has 38 heavy (non-hydrogen) atoms. The van der Waals surface area contributed by atoms with Gasteiger partial charge in [-0.05, 0) is 56.1 Å². The summed E-state index contributed by atoms with van der Waals surface area (Å²) in [4.78, 5) is 34.4. The molecule has 1 saturated carbocycles. The second-order valence-corrected chi connectivity index (χ2v) is 12.0. The van der Waals surface area contributed by atoms with Crippen molar-refractivity contribution in [2.24, 2.45) is 11.8 Å². The van der Waals surface area contributed by atoms with E-state index < -0.39 is 6.04 Å². The van der Waals surface area contributed by atoms with Gasteiger partial charge in [-0.1, -0.05) is 68.7 Å². The van der Waals surface area contributed by atoms with E-state index in [9.17, 15) is 14.7 Å². The van der Waals surface area contributed by atoms with Gasteiger partial charge in [-0.3, -0.25) is 9.59 Å². The molecule has 2 heterocycles. The fourth-order valence-corrected chi connectivity index (χ4v) is 7.24. The Labute approximate surface area is 229 Å². The van der Waals surface area contributed by atoms with E-state index in [1.54, 1.807) is 11.3 Å². The van der Waals surface area contributed by atoms with E-state index in [-0.39, 0.29) is 36.3 Å². The number of hydrogen-bond donors (Lipinski definition) is 2. The van der Waals surface area contributed by atoms with E-state index in [2.05, 4.69) is 35.6 Å². The van der Waals surface area contributed by atoms with Gasteiger partial charge in [0.1, 0.15) is 11.0 Å². The van der Waals surface area contributed by atoms with Crippen molar-refractivity contribution < 1.29 is 14.7 Å². The molecule has 1 aromatic heterocycles. The maximum atomic E-state index is 14.2. The van der Waals surface area contributed by atoms with Gasteiger partial charge < -0.3 is 15.3 Å². The number of aromatic nitrogens is 1. The molecule has 2 fully saturated rings. The molecule has 202 valence electrons. The lowest BCUT2D eigenvalue weighted by atomic mass is 9.83. The average molecular weight is 534 g/mol. The quantitative estimate of drug-likeness (QED) is 0.348. The number of nitrogens with zero attached hydrogens (tertiary/aromatic N) is 2. The van der Waals surface area contributed by atoms with Crippen molar-refractivity contribution in [2.45, 2.75) is 76.8 Å². The van der Waals surface area contributed by atoms with Crippen molar-refractivity contribution in [3.63, 3.8) is 0 Å². The van der Waals surface area contributed by atoms with Crippen LogP contribution in [-0.2, 0) is 9.59 Å². The Morgan fingerprint density at radius 3 is 2.61 bits per heavy atom. The molecule has 2 N–H and O–H groups in total. The van der Waals surface area contributed by atoms with Gasteiger partial charge in [0, 0.05) is 24.6 Å². The lowest BCUT2D eigenvalue weighted by molar-refractivity contribution is -0.140. The van der Waals surface area contributed by atoms with Crippen molar-refractivity contribution in [1.29, 1.82) is 0 Å². The number of amides is 2. The van der Waals surface area contributed by atoms with Crippen LogP contribution in [0.1, 0.15) is 75.8 Å². The zero-order chi connectivity index (χ0) is 26.5. The van der Waals surface area contributed by atoms with Gasteiger partial charge in [-0.25, -0.2) is 4.98 Å². The average Bonchev–Trinajstić information content (AvgIpc) is 3.62. The number of thiazole rings is 1. The largest absolute Gasteiger partial charge is 0.396 e. The number of carbonyl (C=O) groups is 2. The maximum absolute atomic E-state index is 14.2. The van der Waals surface area contributed by atoms with E-state index in [0.29, 0.717) is 19.4 Å². The molecule has 0 bridgehead atoms. The van der Waals surface area contributed by atoms with Crippen molar-refractivity contribution in [3.05, 3.63) is 53.5 Å². The molecule has 6 nitrogen and oxygen atoms in total. The number of carbonyl (C=O) groups excluding carboxylic acids is 2.